The third-order valence-electron chi connectivity index (χ3n) is 2.49. The van der Waals surface area contributed by atoms with Crippen LogP contribution in [-0.2, 0) is 0 Å². The van der Waals surface area contributed by atoms with E-state index in [1.807, 2.05) is 0 Å². The van der Waals surface area contributed by atoms with Gasteiger partial charge in [-0.1, -0.05) is 0 Å². The van der Waals surface area contributed by atoms with Crippen molar-refractivity contribution in [2.75, 3.05) is 6.54 Å². The second kappa shape index (κ2) is 3.03. The molecule has 4 heteroatoms. The summed E-state index contributed by atoms with van der Waals surface area (Å²) in [6.45, 7) is 0.492. The Morgan fingerprint density at radius 3 is 2.46 bits per heavy atom. The topological polar surface area (TPSA) is 38.9 Å². The summed E-state index contributed by atoms with van der Waals surface area (Å²) in [7, 11) is 0. The number of nitrogens with zero attached hydrogens (tertiary/aromatic N) is 1. The molecule has 1 aliphatic rings. The Kier molecular flexibility index (Phi) is 2.00. The first kappa shape index (κ1) is 8.56. The van der Waals surface area contributed by atoms with Gasteiger partial charge in [-0.25, -0.2) is 8.78 Å². The number of rotatable bonds is 2. The predicted octanol–water partition coefficient (Wildman–Crippen LogP) is 1.42. The maximum absolute atomic E-state index is 13.1. The highest BCUT2D eigenvalue weighted by molar-refractivity contribution is 5.26. The molecule has 1 aromatic heterocycles. The number of pyridine rings is 1. The van der Waals surface area contributed by atoms with Crippen molar-refractivity contribution in [2.45, 2.75) is 12.3 Å². The number of hydrogen-bond acceptors (Lipinski definition) is 2. The van der Waals surface area contributed by atoms with Gasteiger partial charge in [0.1, 0.15) is 11.6 Å². The van der Waals surface area contributed by atoms with Gasteiger partial charge >= 0.3 is 0 Å². The lowest BCUT2D eigenvalue weighted by molar-refractivity contribution is 0.542. The van der Waals surface area contributed by atoms with Crippen LogP contribution < -0.4 is 5.73 Å². The Labute approximate surface area is 74.8 Å². The van der Waals surface area contributed by atoms with E-state index in [1.54, 1.807) is 0 Å². The lowest BCUT2D eigenvalue weighted by atomic mass is 10.1. The SMILES string of the molecule is NC[C@@H]1C[C@H]1c1c(F)cncc1F. The first-order chi connectivity index (χ1) is 6.24. The fourth-order valence-electron chi connectivity index (χ4n) is 1.64. The standard InChI is InChI=1S/C9H10F2N2/c10-7-3-13-4-8(11)9(7)6-1-5(6)2-12/h3-6H,1-2,12H2/t5-,6+/m0/s1. The van der Waals surface area contributed by atoms with Crippen molar-refractivity contribution in [1.82, 2.24) is 4.98 Å². The molecule has 0 aromatic carbocycles. The maximum Gasteiger partial charge on any atom is 0.147 e. The van der Waals surface area contributed by atoms with Crippen LogP contribution in [-0.4, -0.2) is 11.5 Å². The number of hydrogen-bond donors (Lipinski definition) is 1. The highest BCUT2D eigenvalue weighted by Gasteiger charge is 2.40. The quantitative estimate of drug-likeness (QED) is 0.755. The summed E-state index contributed by atoms with van der Waals surface area (Å²) in [6.07, 6.45) is 2.88. The molecule has 0 amide bonds. The fourth-order valence-corrected chi connectivity index (χ4v) is 1.64. The van der Waals surface area contributed by atoms with Crippen LogP contribution in [0.5, 0.6) is 0 Å². The summed E-state index contributed by atoms with van der Waals surface area (Å²) in [5.41, 5.74) is 5.56. The second-order valence-corrected chi connectivity index (χ2v) is 3.35. The van der Waals surface area contributed by atoms with E-state index in [4.69, 9.17) is 5.73 Å². The molecule has 0 radical (unpaired) electrons. The van der Waals surface area contributed by atoms with E-state index in [1.165, 1.54) is 0 Å². The Balaban J connectivity index is 2.30. The Bertz CT molecular complexity index is 307. The molecule has 1 saturated carbocycles. The van der Waals surface area contributed by atoms with Gasteiger partial charge < -0.3 is 5.73 Å². The van der Waals surface area contributed by atoms with Crippen molar-refractivity contribution in [3.63, 3.8) is 0 Å². The highest BCUT2D eigenvalue weighted by Crippen LogP contribution is 2.48. The molecule has 2 atom stereocenters. The Morgan fingerprint density at radius 1 is 1.38 bits per heavy atom. The Morgan fingerprint density at radius 2 is 2.00 bits per heavy atom. The fraction of sp³-hybridized carbons (Fsp3) is 0.444. The van der Waals surface area contributed by atoms with Gasteiger partial charge in [0.2, 0.25) is 0 Å². The van der Waals surface area contributed by atoms with Gasteiger partial charge in [0.25, 0.3) is 0 Å². The van der Waals surface area contributed by atoms with Crippen molar-refractivity contribution in [3.05, 3.63) is 29.6 Å². The molecule has 0 unspecified atom stereocenters. The van der Waals surface area contributed by atoms with Gasteiger partial charge in [-0.15, -0.1) is 0 Å². The zero-order valence-corrected chi connectivity index (χ0v) is 7.00. The average molecular weight is 184 g/mol. The molecule has 1 heterocycles. The van der Waals surface area contributed by atoms with Gasteiger partial charge in [0.05, 0.1) is 12.4 Å². The maximum atomic E-state index is 13.1. The van der Waals surface area contributed by atoms with Crippen LogP contribution in [0.3, 0.4) is 0 Å². The summed E-state index contributed by atoms with van der Waals surface area (Å²) in [4.78, 5) is 3.42. The first-order valence-corrected chi connectivity index (χ1v) is 4.23. The smallest absolute Gasteiger partial charge is 0.147 e. The molecular weight excluding hydrogens is 174 g/mol. The molecule has 2 nitrogen and oxygen atoms in total. The van der Waals surface area contributed by atoms with Gasteiger partial charge in [-0.2, -0.15) is 0 Å². The van der Waals surface area contributed by atoms with Crippen LogP contribution in [0.25, 0.3) is 0 Å². The lowest BCUT2D eigenvalue weighted by Gasteiger charge is -2.01. The Hall–Kier alpha value is -1.03. The van der Waals surface area contributed by atoms with E-state index < -0.39 is 11.6 Å². The zero-order valence-electron chi connectivity index (χ0n) is 7.00. The summed E-state index contributed by atoms with van der Waals surface area (Å²) >= 11 is 0. The van der Waals surface area contributed by atoms with Crippen LogP contribution in [0.4, 0.5) is 8.78 Å². The highest BCUT2D eigenvalue weighted by atomic mass is 19.1. The molecule has 0 bridgehead atoms. The third-order valence-corrected chi connectivity index (χ3v) is 2.49. The van der Waals surface area contributed by atoms with E-state index in [9.17, 15) is 8.78 Å². The zero-order chi connectivity index (χ0) is 9.42. The lowest BCUT2D eigenvalue weighted by Crippen LogP contribution is -2.04. The molecule has 0 saturated heterocycles. The van der Waals surface area contributed by atoms with Crippen LogP contribution in [0, 0.1) is 17.6 Å². The van der Waals surface area contributed by atoms with E-state index in [2.05, 4.69) is 4.98 Å². The van der Waals surface area contributed by atoms with E-state index in [0.29, 0.717) is 6.54 Å². The van der Waals surface area contributed by atoms with Crippen molar-refractivity contribution in [2.24, 2.45) is 11.7 Å². The predicted molar refractivity (Wildman–Crippen MR) is 44.1 cm³/mol. The molecule has 0 spiro atoms. The van der Waals surface area contributed by atoms with Crippen molar-refractivity contribution in [1.29, 1.82) is 0 Å². The van der Waals surface area contributed by atoms with Crippen molar-refractivity contribution < 1.29 is 8.78 Å². The van der Waals surface area contributed by atoms with Gasteiger partial charge in [-0.05, 0) is 24.8 Å². The summed E-state index contributed by atoms with van der Waals surface area (Å²) in [5.74, 6) is -0.902. The molecule has 70 valence electrons. The summed E-state index contributed by atoms with van der Waals surface area (Å²) < 4.78 is 26.2. The average Bonchev–Trinajstić information content (AvgIpc) is 2.83. The molecule has 1 fully saturated rings. The van der Waals surface area contributed by atoms with Gasteiger partial charge in [0, 0.05) is 5.56 Å². The van der Waals surface area contributed by atoms with E-state index >= 15 is 0 Å². The molecule has 0 aliphatic heterocycles. The summed E-state index contributed by atoms with van der Waals surface area (Å²) in [5, 5.41) is 0. The molecule has 2 N–H and O–H groups in total. The third kappa shape index (κ3) is 1.42. The van der Waals surface area contributed by atoms with Gasteiger partial charge in [-0.3, -0.25) is 4.98 Å². The molecule has 1 aromatic rings. The summed E-state index contributed by atoms with van der Waals surface area (Å²) in [6, 6.07) is 0. The monoisotopic (exact) mass is 184 g/mol. The van der Waals surface area contributed by atoms with Crippen molar-refractivity contribution >= 4 is 0 Å². The van der Waals surface area contributed by atoms with Crippen LogP contribution in [0.1, 0.15) is 17.9 Å². The number of aromatic nitrogens is 1. The van der Waals surface area contributed by atoms with Crippen molar-refractivity contribution in [3.8, 4) is 0 Å². The number of nitrogens with two attached hydrogens (primary N) is 1. The molecule has 2 rings (SSSR count). The largest absolute Gasteiger partial charge is 0.330 e. The van der Waals surface area contributed by atoms with Gasteiger partial charge in [0.15, 0.2) is 0 Å². The molecular formula is C9H10F2N2. The van der Waals surface area contributed by atoms with Crippen LogP contribution >= 0.6 is 0 Å². The van der Waals surface area contributed by atoms with Crippen LogP contribution in [0.2, 0.25) is 0 Å². The first-order valence-electron chi connectivity index (χ1n) is 4.23. The second-order valence-electron chi connectivity index (χ2n) is 3.35. The minimum atomic E-state index is -0.555. The van der Waals surface area contributed by atoms with Crippen LogP contribution in [0.15, 0.2) is 12.4 Å². The minimum Gasteiger partial charge on any atom is -0.330 e. The number of halogens is 2. The molecule has 13 heavy (non-hydrogen) atoms. The van der Waals surface area contributed by atoms with E-state index in [-0.39, 0.29) is 17.4 Å². The van der Waals surface area contributed by atoms with E-state index in [0.717, 1.165) is 18.8 Å². The minimum absolute atomic E-state index is 0.0343. The normalized spacial score (nSPS) is 26.1. The molecule has 1 aliphatic carbocycles.